The molecule has 14 heteroatoms. The number of nitrogens with one attached hydrogen (secondary N) is 1. The van der Waals surface area contributed by atoms with Gasteiger partial charge in [0.2, 0.25) is 0 Å². The van der Waals surface area contributed by atoms with Crippen molar-refractivity contribution in [2.45, 2.75) is 25.1 Å². The van der Waals surface area contributed by atoms with Gasteiger partial charge in [-0.2, -0.15) is 13.2 Å². The molecule has 1 fully saturated rings. The number of nitrogens with zero attached hydrogens (tertiary/aromatic N) is 6. The lowest BCUT2D eigenvalue weighted by Gasteiger charge is -2.21. The van der Waals surface area contributed by atoms with E-state index in [1.54, 1.807) is 49.7 Å². The van der Waals surface area contributed by atoms with Crippen LogP contribution in [-0.2, 0) is 11.3 Å². The van der Waals surface area contributed by atoms with E-state index in [9.17, 15) is 22.8 Å². The third-order valence-electron chi connectivity index (χ3n) is 5.32. The van der Waals surface area contributed by atoms with Crippen LogP contribution in [0.25, 0.3) is 5.65 Å². The Balaban J connectivity index is 0.000000454. The number of pyridine rings is 2. The zero-order valence-electron chi connectivity index (χ0n) is 19.4. The van der Waals surface area contributed by atoms with Crippen LogP contribution in [0.3, 0.4) is 0 Å². The molecule has 3 aromatic heterocycles. The van der Waals surface area contributed by atoms with Crippen LogP contribution >= 0.6 is 0 Å². The first-order valence-electron chi connectivity index (χ1n) is 10.8. The number of hydrogen-bond acceptors (Lipinski definition) is 6. The van der Waals surface area contributed by atoms with Crippen molar-refractivity contribution >= 4 is 23.6 Å². The fourth-order valence-electron chi connectivity index (χ4n) is 3.54. The average Bonchev–Trinajstić information content (AvgIpc) is 3.49. The van der Waals surface area contributed by atoms with Crippen LogP contribution in [0, 0.1) is 0 Å². The minimum absolute atomic E-state index is 0.00297. The number of carboxylic acids is 1. The van der Waals surface area contributed by atoms with E-state index in [0.717, 1.165) is 17.8 Å². The van der Waals surface area contributed by atoms with E-state index in [0.29, 0.717) is 30.8 Å². The van der Waals surface area contributed by atoms with E-state index < -0.39 is 12.1 Å². The Morgan fingerprint density at radius 1 is 1.19 bits per heavy atom. The summed E-state index contributed by atoms with van der Waals surface area (Å²) < 4.78 is 33.6. The molecule has 0 aliphatic carbocycles. The molecule has 0 spiro atoms. The maximum atomic E-state index is 12.6. The number of carbonyl (C=O) groups excluding carboxylic acids is 2. The van der Waals surface area contributed by atoms with Crippen molar-refractivity contribution in [2.24, 2.45) is 0 Å². The Morgan fingerprint density at radius 2 is 1.92 bits per heavy atom. The van der Waals surface area contributed by atoms with Crippen molar-refractivity contribution in [3.05, 3.63) is 59.8 Å². The lowest BCUT2D eigenvalue weighted by molar-refractivity contribution is -0.192. The number of hydrogen-bond donors (Lipinski definition) is 2. The number of amides is 3. The standard InChI is InChI=1S/C20H23N7O2.C2HF3O2/c1-25(2)20(29)26-9-7-15(12-26)18-24-23-17-6-5-16(13-27(17)18)19(28)22-11-14-4-3-8-21-10-14;3-2(4,5)1(6)7/h3-6,8,10,13,15H,7,9,11-12H2,1-2H3,(H,22,28);(H,6,7). The molecule has 0 bridgehead atoms. The van der Waals surface area contributed by atoms with Gasteiger partial charge in [0.25, 0.3) is 5.91 Å². The molecular weight excluding hydrogens is 483 g/mol. The number of fused-ring (bicyclic) bond motifs is 1. The largest absolute Gasteiger partial charge is 0.490 e. The van der Waals surface area contributed by atoms with Gasteiger partial charge in [0.15, 0.2) is 5.65 Å². The van der Waals surface area contributed by atoms with Gasteiger partial charge in [-0.1, -0.05) is 6.07 Å². The summed E-state index contributed by atoms with van der Waals surface area (Å²) in [6.45, 7) is 1.68. The topological polar surface area (TPSA) is 133 Å². The molecule has 2 N–H and O–H groups in total. The summed E-state index contributed by atoms with van der Waals surface area (Å²) in [7, 11) is 3.50. The molecule has 4 rings (SSSR count). The SMILES string of the molecule is CN(C)C(=O)N1CCC(c2nnc3ccc(C(=O)NCc4cccnc4)cn23)C1.O=C(O)C(F)(F)F. The summed E-state index contributed by atoms with van der Waals surface area (Å²) in [5.41, 5.74) is 2.14. The Morgan fingerprint density at radius 3 is 2.53 bits per heavy atom. The number of carbonyl (C=O) groups is 3. The highest BCUT2D eigenvalue weighted by Gasteiger charge is 2.38. The maximum Gasteiger partial charge on any atom is 0.490 e. The quantitative estimate of drug-likeness (QED) is 0.553. The summed E-state index contributed by atoms with van der Waals surface area (Å²) in [6.07, 6.45) is 0.919. The Bertz CT molecular complexity index is 1230. The molecule has 0 aromatic carbocycles. The number of rotatable bonds is 4. The lowest BCUT2D eigenvalue weighted by atomic mass is 10.1. The van der Waals surface area contributed by atoms with Crippen molar-refractivity contribution in [3.63, 3.8) is 0 Å². The summed E-state index contributed by atoms with van der Waals surface area (Å²) in [4.78, 5) is 41.1. The number of aromatic nitrogens is 4. The summed E-state index contributed by atoms with van der Waals surface area (Å²) in [5.74, 6) is -2.07. The lowest BCUT2D eigenvalue weighted by Crippen LogP contribution is -2.37. The van der Waals surface area contributed by atoms with Gasteiger partial charge in [0.1, 0.15) is 5.82 Å². The van der Waals surface area contributed by atoms with E-state index >= 15 is 0 Å². The second-order valence-corrected chi connectivity index (χ2v) is 8.16. The third-order valence-corrected chi connectivity index (χ3v) is 5.32. The molecule has 3 aromatic rings. The molecule has 36 heavy (non-hydrogen) atoms. The van der Waals surface area contributed by atoms with Crippen LogP contribution in [-0.4, -0.2) is 85.8 Å². The average molecular weight is 507 g/mol. The number of likely N-dealkylation sites (tertiary alicyclic amines) is 1. The van der Waals surface area contributed by atoms with Gasteiger partial charge in [-0.25, -0.2) is 9.59 Å². The van der Waals surface area contributed by atoms with E-state index in [4.69, 9.17) is 9.90 Å². The smallest absolute Gasteiger partial charge is 0.475 e. The van der Waals surface area contributed by atoms with Crippen molar-refractivity contribution < 1.29 is 32.7 Å². The predicted molar refractivity (Wildman–Crippen MR) is 120 cm³/mol. The van der Waals surface area contributed by atoms with Crippen molar-refractivity contribution in [1.82, 2.24) is 34.7 Å². The van der Waals surface area contributed by atoms with Gasteiger partial charge in [0.05, 0.1) is 5.56 Å². The van der Waals surface area contributed by atoms with E-state index in [2.05, 4.69) is 20.5 Å². The second kappa shape index (κ2) is 11.0. The number of halogens is 3. The van der Waals surface area contributed by atoms with E-state index in [-0.39, 0.29) is 17.9 Å². The molecular formula is C22H24F3N7O4. The van der Waals surface area contributed by atoms with Crippen LogP contribution in [0.2, 0.25) is 0 Å². The van der Waals surface area contributed by atoms with Crippen molar-refractivity contribution in [3.8, 4) is 0 Å². The van der Waals surface area contributed by atoms with E-state index in [1.165, 1.54) is 0 Å². The molecule has 1 atom stereocenters. The highest BCUT2D eigenvalue weighted by molar-refractivity contribution is 5.94. The fraction of sp³-hybridized carbons (Fsp3) is 0.364. The molecule has 1 unspecified atom stereocenters. The molecule has 1 aliphatic heterocycles. The van der Waals surface area contributed by atoms with Gasteiger partial charge < -0.3 is 20.2 Å². The predicted octanol–water partition coefficient (Wildman–Crippen LogP) is 2.16. The summed E-state index contributed by atoms with van der Waals surface area (Å²) in [6, 6.07) is 7.27. The van der Waals surface area contributed by atoms with Crippen molar-refractivity contribution in [2.75, 3.05) is 27.2 Å². The Hall–Kier alpha value is -4.23. The molecule has 1 saturated heterocycles. The first kappa shape index (κ1) is 26.4. The number of urea groups is 1. The summed E-state index contributed by atoms with van der Waals surface area (Å²) in [5, 5.41) is 18.6. The highest BCUT2D eigenvalue weighted by atomic mass is 19.4. The third kappa shape index (κ3) is 6.46. The maximum absolute atomic E-state index is 12.6. The molecule has 4 heterocycles. The van der Waals surface area contributed by atoms with Crippen LogP contribution < -0.4 is 5.32 Å². The zero-order valence-corrected chi connectivity index (χ0v) is 19.4. The second-order valence-electron chi connectivity index (χ2n) is 8.16. The van der Waals surface area contributed by atoms with Gasteiger partial charge in [-0.05, 0) is 30.2 Å². The van der Waals surface area contributed by atoms with Gasteiger partial charge in [-0.3, -0.25) is 14.2 Å². The van der Waals surface area contributed by atoms with Crippen LogP contribution in [0.4, 0.5) is 18.0 Å². The number of alkyl halides is 3. The molecule has 3 amide bonds. The minimum Gasteiger partial charge on any atom is -0.475 e. The minimum atomic E-state index is -5.08. The molecule has 192 valence electrons. The first-order valence-corrected chi connectivity index (χ1v) is 10.8. The van der Waals surface area contributed by atoms with Crippen LogP contribution in [0.15, 0.2) is 42.9 Å². The number of carboxylic acid groups (broad SMARTS) is 1. The Labute approximate surface area is 203 Å². The molecule has 0 radical (unpaired) electrons. The highest BCUT2D eigenvalue weighted by Crippen LogP contribution is 2.27. The van der Waals surface area contributed by atoms with Crippen molar-refractivity contribution in [1.29, 1.82) is 0 Å². The Kier molecular flexibility index (Phi) is 8.07. The molecule has 11 nitrogen and oxygen atoms in total. The van der Waals surface area contributed by atoms with Gasteiger partial charge in [0, 0.05) is 58.2 Å². The van der Waals surface area contributed by atoms with E-state index in [1.807, 2.05) is 21.4 Å². The van der Waals surface area contributed by atoms with Gasteiger partial charge in [-0.15, -0.1) is 10.2 Å². The van der Waals surface area contributed by atoms with Crippen LogP contribution in [0.1, 0.15) is 34.1 Å². The molecule has 1 aliphatic rings. The normalized spacial score (nSPS) is 15.2. The van der Waals surface area contributed by atoms with Crippen LogP contribution in [0.5, 0.6) is 0 Å². The first-order chi connectivity index (χ1) is 17.0. The molecule has 0 saturated carbocycles. The van der Waals surface area contributed by atoms with Gasteiger partial charge >= 0.3 is 18.2 Å². The zero-order chi connectivity index (χ0) is 26.5. The number of aliphatic carboxylic acids is 1. The monoisotopic (exact) mass is 507 g/mol. The summed E-state index contributed by atoms with van der Waals surface area (Å²) >= 11 is 0. The fourth-order valence-corrected chi connectivity index (χ4v) is 3.54.